The van der Waals surface area contributed by atoms with E-state index in [9.17, 15) is 10.1 Å². The van der Waals surface area contributed by atoms with Gasteiger partial charge in [-0.1, -0.05) is 12.1 Å². The summed E-state index contributed by atoms with van der Waals surface area (Å²) >= 11 is 0. The molecule has 7 heteroatoms. The molecule has 0 radical (unpaired) electrons. The Labute approximate surface area is 121 Å². The van der Waals surface area contributed by atoms with Crippen LogP contribution in [-0.2, 0) is 13.5 Å². The molecule has 0 saturated heterocycles. The van der Waals surface area contributed by atoms with Crippen molar-refractivity contribution in [1.82, 2.24) is 9.55 Å². The molecule has 0 amide bonds. The van der Waals surface area contributed by atoms with Crippen molar-refractivity contribution >= 4 is 5.95 Å². The van der Waals surface area contributed by atoms with Crippen molar-refractivity contribution in [3.8, 4) is 11.8 Å². The van der Waals surface area contributed by atoms with E-state index in [0.29, 0.717) is 12.1 Å². The summed E-state index contributed by atoms with van der Waals surface area (Å²) in [5.74, 6) is 6.29. The van der Waals surface area contributed by atoms with Gasteiger partial charge >= 0.3 is 0 Å². The summed E-state index contributed by atoms with van der Waals surface area (Å²) in [7, 11) is 3.09. The Balaban J connectivity index is 2.45. The SMILES string of the molecule is COc1ccc(Cc2nc(NN)n(C)c(=O)c2C#N)cc1. The van der Waals surface area contributed by atoms with E-state index in [1.807, 2.05) is 30.3 Å². The number of hydrazine groups is 1. The van der Waals surface area contributed by atoms with Crippen LogP contribution in [0, 0.1) is 11.3 Å². The summed E-state index contributed by atoms with van der Waals surface area (Å²) in [4.78, 5) is 16.3. The Morgan fingerprint density at radius 2 is 2.10 bits per heavy atom. The van der Waals surface area contributed by atoms with Crippen molar-refractivity contribution in [3.05, 3.63) is 51.4 Å². The number of nitrogen functional groups attached to an aromatic ring is 1. The van der Waals surface area contributed by atoms with Gasteiger partial charge in [-0.3, -0.25) is 14.8 Å². The number of anilines is 1. The fourth-order valence-corrected chi connectivity index (χ4v) is 1.95. The summed E-state index contributed by atoms with van der Waals surface area (Å²) in [6, 6.07) is 9.24. The van der Waals surface area contributed by atoms with Crippen molar-refractivity contribution in [2.75, 3.05) is 12.5 Å². The van der Waals surface area contributed by atoms with Crippen LogP contribution in [0.25, 0.3) is 0 Å². The number of hydrogen-bond donors (Lipinski definition) is 2. The third-order valence-corrected chi connectivity index (χ3v) is 3.14. The largest absolute Gasteiger partial charge is 0.497 e. The van der Waals surface area contributed by atoms with Gasteiger partial charge in [-0.05, 0) is 17.7 Å². The van der Waals surface area contributed by atoms with E-state index in [1.54, 1.807) is 7.11 Å². The lowest BCUT2D eigenvalue weighted by atomic mass is 10.1. The highest BCUT2D eigenvalue weighted by atomic mass is 16.5. The standard InChI is InChI=1S/C14H15N5O2/c1-19-13(20)11(8-15)12(17-14(19)18-16)7-9-3-5-10(21-2)6-4-9/h3-6H,7,16H2,1-2H3,(H,17,18). The zero-order chi connectivity index (χ0) is 15.4. The van der Waals surface area contributed by atoms with E-state index in [-0.39, 0.29) is 11.5 Å². The van der Waals surface area contributed by atoms with E-state index in [2.05, 4.69) is 10.4 Å². The molecule has 0 spiro atoms. The lowest BCUT2D eigenvalue weighted by Gasteiger charge is -2.10. The van der Waals surface area contributed by atoms with Crippen LogP contribution in [0.4, 0.5) is 5.95 Å². The smallest absolute Gasteiger partial charge is 0.272 e. The van der Waals surface area contributed by atoms with Crippen LogP contribution in [0.2, 0.25) is 0 Å². The maximum absolute atomic E-state index is 12.1. The molecule has 0 aliphatic carbocycles. The predicted molar refractivity (Wildman–Crippen MR) is 77.8 cm³/mol. The molecule has 21 heavy (non-hydrogen) atoms. The Bertz CT molecular complexity index is 744. The molecule has 108 valence electrons. The van der Waals surface area contributed by atoms with E-state index < -0.39 is 5.56 Å². The van der Waals surface area contributed by atoms with Crippen LogP contribution in [0.3, 0.4) is 0 Å². The second kappa shape index (κ2) is 6.07. The Hall–Kier alpha value is -2.85. The molecule has 7 nitrogen and oxygen atoms in total. The zero-order valence-corrected chi connectivity index (χ0v) is 11.8. The Kier molecular flexibility index (Phi) is 4.21. The molecule has 0 aliphatic heterocycles. The molecule has 0 bridgehead atoms. The lowest BCUT2D eigenvalue weighted by Crippen LogP contribution is -2.28. The van der Waals surface area contributed by atoms with Crippen molar-refractivity contribution in [1.29, 1.82) is 5.26 Å². The molecule has 1 aromatic heterocycles. The average molecular weight is 285 g/mol. The van der Waals surface area contributed by atoms with E-state index in [0.717, 1.165) is 11.3 Å². The van der Waals surface area contributed by atoms with Gasteiger partial charge in [0.25, 0.3) is 5.56 Å². The fraction of sp³-hybridized carbons (Fsp3) is 0.214. The van der Waals surface area contributed by atoms with Crippen molar-refractivity contribution < 1.29 is 4.74 Å². The van der Waals surface area contributed by atoms with Crippen molar-refractivity contribution in [2.24, 2.45) is 12.9 Å². The monoisotopic (exact) mass is 285 g/mol. The van der Waals surface area contributed by atoms with Crippen LogP contribution in [0.1, 0.15) is 16.8 Å². The number of rotatable bonds is 4. The second-order valence-corrected chi connectivity index (χ2v) is 4.40. The van der Waals surface area contributed by atoms with Crippen LogP contribution in [0.15, 0.2) is 29.1 Å². The molecule has 0 saturated carbocycles. The van der Waals surface area contributed by atoms with Gasteiger partial charge in [0.1, 0.15) is 17.4 Å². The van der Waals surface area contributed by atoms with Gasteiger partial charge in [0.2, 0.25) is 5.95 Å². The van der Waals surface area contributed by atoms with Gasteiger partial charge in [0, 0.05) is 13.5 Å². The molecule has 2 aromatic rings. The van der Waals surface area contributed by atoms with Gasteiger partial charge in [0.05, 0.1) is 12.8 Å². The number of nitriles is 1. The first-order valence-electron chi connectivity index (χ1n) is 6.20. The molecular formula is C14H15N5O2. The lowest BCUT2D eigenvalue weighted by molar-refractivity contribution is 0.414. The number of nitrogens with two attached hydrogens (primary N) is 1. The number of hydrogen-bond acceptors (Lipinski definition) is 6. The molecule has 0 aliphatic rings. The molecule has 2 rings (SSSR count). The van der Waals surface area contributed by atoms with E-state index in [1.165, 1.54) is 11.6 Å². The Morgan fingerprint density at radius 1 is 1.43 bits per heavy atom. The van der Waals surface area contributed by atoms with Crippen molar-refractivity contribution in [3.63, 3.8) is 0 Å². The third kappa shape index (κ3) is 2.85. The minimum atomic E-state index is -0.427. The number of nitrogens with zero attached hydrogens (tertiary/aromatic N) is 3. The molecule has 1 heterocycles. The first-order valence-corrected chi connectivity index (χ1v) is 6.20. The maximum Gasteiger partial charge on any atom is 0.272 e. The molecule has 0 unspecified atom stereocenters. The maximum atomic E-state index is 12.1. The van der Waals surface area contributed by atoms with Crippen molar-refractivity contribution in [2.45, 2.75) is 6.42 Å². The van der Waals surface area contributed by atoms with Crippen LogP contribution in [0.5, 0.6) is 5.75 Å². The number of benzene rings is 1. The second-order valence-electron chi connectivity index (χ2n) is 4.40. The highest BCUT2D eigenvalue weighted by Crippen LogP contribution is 2.15. The van der Waals surface area contributed by atoms with Crippen LogP contribution < -0.4 is 21.6 Å². The quantitative estimate of drug-likeness (QED) is 0.627. The van der Waals surface area contributed by atoms with Gasteiger partial charge in [0.15, 0.2) is 0 Å². The molecule has 1 aromatic carbocycles. The van der Waals surface area contributed by atoms with Gasteiger partial charge in [-0.25, -0.2) is 10.8 Å². The first kappa shape index (κ1) is 14.6. The van der Waals surface area contributed by atoms with Crippen LogP contribution in [-0.4, -0.2) is 16.7 Å². The fourth-order valence-electron chi connectivity index (χ4n) is 1.95. The summed E-state index contributed by atoms with van der Waals surface area (Å²) in [6.07, 6.45) is 0.359. The number of nitrogens with one attached hydrogen (secondary N) is 1. The minimum absolute atomic E-state index is 0.0207. The highest BCUT2D eigenvalue weighted by Gasteiger charge is 2.14. The van der Waals surface area contributed by atoms with E-state index >= 15 is 0 Å². The number of aromatic nitrogens is 2. The summed E-state index contributed by atoms with van der Waals surface area (Å²) in [5.41, 5.74) is 3.25. The minimum Gasteiger partial charge on any atom is -0.497 e. The summed E-state index contributed by atoms with van der Waals surface area (Å²) in [5, 5.41) is 9.17. The van der Waals surface area contributed by atoms with Crippen LogP contribution >= 0.6 is 0 Å². The highest BCUT2D eigenvalue weighted by molar-refractivity contribution is 5.40. The molecule has 0 atom stereocenters. The first-order chi connectivity index (χ1) is 10.1. The third-order valence-electron chi connectivity index (χ3n) is 3.14. The van der Waals surface area contributed by atoms with Gasteiger partial charge < -0.3 is 4.74 Å². The number of methoxy groups -OCH3 is 1. The van der Waals surface area contributed by atoms with Gasteiger partial charge in [-0.15, -0.1) is 0 Å². The summed E-state index contributed by atoms with van der Waals surface area (Å²) in [6.45, 7) is 0. The molecule has 0 fully saturated rings. The molecular weight excluding hydrogens is 270 g/mol. The normalized spacial score (nSPS) is 10.0. The zero-order valence-electron chi connectivity index (χ0n) is 11.8. The molecule has 3 N–H and O–H groups in total. The number of ether oxygens (including phenoxy) is 1. The van der Waals surface area contributed by atoms with E-state index in [4.69, 9.17) is 10.6 Å². The predicted octanol–water partition coefficient (Wildman–Crippen LogP) is 0.537. The van der Waals surface area contributed by atoms with Gasteiger partial charge in [-0.2, -0.15) is 5.26 Å². The average Bonchev–Trinajstić information content (AvgIpc) is 2.51. The summed E-state index contributed by atoms with van der Waals surface area (Å²) < 4.78 is 6.29. The Morgan fingerprint density at radius 3 is 2.62 bits per heavy atom. The topological polar surface area (TPSA) is 106 Å².